The third-order valence-electron chi connectivity index (χ3n) is 4.24. The number of carbonyl (C=O) groups excluding carboxylic acids is 2. The standard InChI is InChI=1S/C23H23FN2O3/c1-16(2)19-7-3-18(4-8-19)13-20(14-25)23(28)29-15-22(27)26-12-11-17-5-9-21(24)10-6-17/h3-10,13,16H,11-12,15H2,1-2H3,(H,26,27)/b20-13+. The molecule has 0 saturated heterocycles. The van der Waals surface area contributed by atoms with Crippen LogP contribution in [0.3, 0.4) is 0 Å². The normalized spacial score (nSPS) is 11.1. The summed E-state index contributed by atoms with van der Waals surface area (Å²) in [6, 6.07) is 15.3. The highest BCUT2D eigenvalue weighted by Gasteiger charge is 2.13. The summed E-state index contributed by atoms with van der Waals surface area (Å²) < 4.78 is 17.8. The molecule has 5 nitrogen and oxygen atoms in total. The van der Waals surface area contributed by atoms with E-state index < -0.39 is 18.5 Å². The molecule has 0 saturated carbocycles. The van der Waals surface area contributed by atoms with E-state index in [1.807, 2.05) is 24.3 Å². The fraction of sp³-hybridized carbons (Fsp3) is 0.261. The number of nitriles is 1. The molecular formula is C23H23FN2O3. The zero-order chi connectivity index (χ0) is 21.2. The minimum atomic E-state index is -0.853. The summed E-state index contributed by atoms with van der Waals surface area (Å²) in [5.41, 5.74) is 2.55. The summed E-state index contributed by atoms with van der Waals surface area (Å²) in [4.78, 5) is 23.9. The molecule has 0 heterocycles. The molecular weight excluding hydrogens is 371 g/mol. The molecule has 150 valence electrons. The number of ether oxygens (including phenoxy) is 1. The fourth-order valence-corrected chi connectivity index (χ4v) is 2.54. The third kappa shape index (κ3) is 7.23. The lowest BCUT2D eigenvalue weighted by Crippen LogP contribution is -2.30. The molecule has 6 heteroatoms. The van der Waals surface area contributed by atoms with E-state index >= 15 is 0 Å². The maximum atomic E-state index is 12.8. The van der Waals surface area contributed by atoms with Crippen LogP contribution in [0, 0.1) is 17.1 Å². The van der Waals surface area contributed by atoms with E-state index in [-0.39, 0.29) is 11.4 Å². The summed E-state index contributed by atoms with van der Waals surface area (Å²) >= 11 is 0. The quantitative estimate of drug-likeness (QED) is 0.420. The van der Waals surface area contributed by atoms with Gasteiger partial charge in [0.25, 0.3) is 5.91 Å². The summed E-state index contributed by atoms with van der Waals surface area (Å²) in [6.45, 7) is 4.00. The van der Waals surface area contributed by atoms with Crippen LogP contribution in [0.5, 0.6) is 0 Å². The summed E-state index contributed by atoms with van der Waals surface area (Å²) in [7, 11) is 0. The van der Waals surface area contributed by atoms with Crippen LogP contribution in [0.2, 0.25) is 0 Å². The first-order valence-electron chi connectivity index (χ1n) is 9.29. The Hall–Kier alpha value is -3.46. The molecule has 1 N–H and O–H groups in total. The number of rotatable bonds is 8. The van der Waals surface area contributed by atoms with Gasteiger partial charge >= 0.3 is 5.97 Å². The van der Waals surface area contributed by atoms with Crippen molar-refractivity contribution in [3.63, 3.8) is 0 Å². The number of esters is 1. The number of nitrogens with one attached hydrogen (secondary N) is 1. The second-order valence-electron chi connectivity index (χ2n) is 6.79. The van der Waals surface area contributed by atoms with E-state index in [0.29, 0.717) is 24.4 Å². The Morgan fingerprint density at radius 1 is 1.14 bits per heavy atom. The van der Waals surface area contributed by atoms with Crippen molar-refractivity contribution in [2.24, 2.45) is 0 Å². The van der Waals surface area contributed by atoms with Gasteiger partial charge < -0.3 is 10.1 Å². The first-order valence-corrected chi connectivity index (χ1v) is 9.29. The maximum absolute atomic E-state index is 12.8. The van der Waals surface area contributed by atoms with Crippen molar-refractivity contribution in [3.05, 3.63) is 76.6 Å². The Labute approximate surface area is 169 Å². The molecule has 0 fully saturated rings. The third-order valence-corrected chi connectivity index (χ3v) is 4.24. The summed E-state index contributed by atoms with van der Waals surface area (Å²) in [5.74, 6) is -1.26. The fourth-order valence-electron chi connectivity index (χ4n) is 2.54. The van der Waals surface area contributed by atoms with Gasteiger partial charge in [0.1, 0.15) is 17.5 Å². The number of hydrogen-bond acceptors (Lipinski definition) is 4. The predicted molar refractivity (Wildman–Crippen MR) is 108 cm³/mol. The molecule has 0 aliphatic carbocycles. The van der Waals surface area contributed by atoms with Crippen molar-refractivity contribution in [2.75, 3.05) is 13.2 Å². The largest absolute Gasteiger partial charge is 0.451 e. The van der Waals surface area contributed by atoms with Gasteiger partial charge in [0.2, 0.25) is 0 Å². The zero-order valence-electron chi connectivity index (χ0n) is 16.4. The van der Waals surface area contributed by atoms with Crippen molar-refractivity contribution < 1.29 is 18.7 Å². The van der Waals surface area contributed by atoms with E-state index in [9.17, 15) is 19.2 Å². The van der Waals surface area contributed by atoms with Crippen molar-refractivity contribution in [1.29, 1.82) is 5.26 Å². The average Bonchev–Trinajstić information content (AvgIpc) is 2.72. The van der Waals surface area contributed by atoms with E-state index in [0.717, 1.165) is 11.1 Å². The molecule has 2 aromatic rings. The Morgan fingerprint density at radius 3 is 2.38 bits per heavy atom. The topological polar surface area (TPSA) is 79.2 Å². The molecule has 0 unspecified atom stereocenters. The van der Waals surface area contributed by atoms with Gasteiger partial charge in [-0.15, -0.1) is 0 Å². The second kappa shape index (κ2) is 10.8. The molecule has 0 aromatic heterocycles. The number of halogens is 1. The number of amides is 1. The summed E-state index contributed by atoms with van der Waals surface area (Å²) in [5, 5.41) is 11.8. The van der Waals surface area contributed by atoms with Gasteiger partial charge in [-0.25, -0.2) is 9.18 Å². The van der Waals surface area contributed by atoms with Crippen LogP contribution in [0.1, 0.15) is 36.5 Å². The van der Waals surface area contributed by atoms with Gasteiger partial charge in [-0.3, -0.25) is 4.79 Å². The van der Waals surface area contributed by atoms with Crippen LogP contribution in [0.4, 0.5) is 4.39 Å². The first kappa shape index (κ1) is 21.8. The Bertz CT molecular complexity index is 911. The van der Waals surface area contributed by atoms with Gasteiger partial charge in [-0.2, -0.15) is 5.26 Å². The number of carbonyl (C=O) groups is 2. The Morgan fingerprint density at radius 2 is 1.79 bits per heavy atom. The van der Waals surface area contributed by atoms with Gasteiger partial charge in [0.05, 0.1) is 0 Å². The predicted octanol–water partition coefficient (Wildman–Crippen LogP) is 3.76. The molecule has 0 aliphatic rings. The van der Waals surface area contributed by atoms with Crippen LogP contribution in [0.25, 0.3) is 6.08 Å². The van der Waals surface area contributed by atoms with Crippen LogP contribution in [-0.2, 0) is 20.7 Å². The lowest BCUT2D eigenvalue weighted by atomic mass is 10.0. The van der Waals surface area contributed by atoms with Crippen LogP contribution in [-0.4, -0.2) is 25.0 Å². The van der Waals surface area contributed by atoms with Gasteiger partial charge in [0.15, 0.2) is 6.61 Å². The van der Waals surface area contributed by atoms with Crippen LogP contribution < -0.4 is 5.32 Å². The molecule has 2 rings (SSSR count). The van der Waals surface area contributed by atoms with Crippen molar-refractivity contribution >= 4 is 18.0 Å². The minimum Gasteiger partial charge on any atom is -0.451 e. The molecule has 0 spiro atoms. The average molecular weight is 394 g/mol. The van der Waals surface area contributed by atoms with Gasteiger partial charge in [0, 0.05) is 6.54 Å². The highest BCUT2D eigenvalue weighted by Crippen LogP contribution is 2.16. The molecule has 2 aromatic carbocycles. The number of benzene rings is 2. The van der Waals surface area contributed by atoms with Crippen molar-refractivity contribution in [2.45, 2.75) is 26.2 Å². The number of nitrogens with zero attached hydrogens (tertiary/aromatic N) is 1. The SMILES string of the molecule is CC(C)c1ccc(/C=C(\C#N)C(=O)OCC(=O)NCCc2ccc(F)cc2)cc1. The number of hydrogen-bond donors (Lipinski definition) is 1. The highest BCUT2D eigenvalue weighted by atomic mass is 19.1. The summed E-state index contributed by atoms with van der Waals surface area (Å²) in [6.07, 6.45) is 1.95. The van der Waals surface area contributed by atoms with E-state index in [2.05, 4.69) is 19.2 Å². The maximum Gasteiger partial charge on any atom is 0.349 e. The minimum absolute atomic E-state index is 0.179. The molecule has 1 amide bonds. The van der Waals surface area contributed by atoms with E-state index in [1.165, 1.54) is 18.2 Å². The van der Waals surface area contributed by atoms with E-state index in [1.54, 1.807) is 18.2 Å². The zero-order valence-corrected chi connectivity index (χ0v) is 16.4. The molecule has 0 atom stereocenters. The van der Waals surface area contributed by atoms with Crippen LogP contribution in [0.15, 0.2) is 54.1 Å². The van der Waals surface area contributed by atoms with Crippen molar-refractivity contribution in [3.8, 4) is 6.07 Å². The monoisotopic (exact) mass is 394 g/mol. The van der Waals surface area contributed by atoms with E-state index in [4.69, 9.17) is 4.74 Å². The Kier molecular flexibility index (Phi) is 8.11. The van der Waals surface area contributed by atoms with Crippen molar-refractivity contribution in [1.82, 2.24) is 5.32 Å². The lowest BCUT2D eigenvalue weighted by molar-refractivity contribution is -0.144. The van der Waals surface area contributed by atoms with Gasteiger partial charge in [-0.1, -0.05) is 50.2 Å². The smallest absolute Gasteiger partial charge is 0.349 e. The molecule has 0 radical (unpaired) electrons. The first-order chi connectivity index (χ1) is 13.9. The van der Waals surface area contributed by atoms with Crippen LogP contribution >= 0.6 is 0 Å². The van der Waals surface area contributed by atoms with Gasteiger partial charge in [-0.05, 0) is 47.2 Å². The second-order valence-corrected chi connectivity index (χ2v) is 6.79. The lowest BCUT2D eigenvalue weighted by Gasteiger charge is -2.07. The highest BCUT2D eigenvalue weighted by molar-refractivity contribution is 5.98. The Balaban J connectivity index is 1.81. The molecule has 0 aliphatic heterocycles. The molecule has 29 heavy (non-hydrogen) atoms. The molecule has 0 bridgehead atoms.